The van der Waals surface area contributed by atoms with Gasteiger partial charge in [0.25, 0.3) is 0 Å². The van der Waals surface area contributed by atoms with Gasteiger partial charge in [-0.3, -0.25) is 9.52 Å². The summed E-state index contributed by atoms with van der Waals surface area (Å²) in [4.78, 5) is 10.3. The van der Waals surface area contributed by atoms with E-state index >= 15 is 0 Å². The predicted octanol–water partition coefficient (Wildman–Crippen LogP) is 1.09. The van der Waals surface area contributed by atoms with Gasteiger partial charge in [-0.05, 0) is 18.6 Å². The Hall–Kier alpha value is -1.61. The lowest BCUT2D eigenvalue weighted by Crippen LogP contribution is -2.19. The lowest BCUT2D eigenvalue weighted by molar-refractivity contribution is -0.137. The van der Waals surface area contributed by atoms with Crippen LogP contribution in [0.15, 0.2) is 29.2 Å². The molecule has 0 saturated carbocycles. The van der Waals surface area contributed by atoms with Gasteiger partial charge in [0.05, 0.1) is 22.1 Å². The van der Waals surface area contributed by atoms with Crippen molar-refractivity contribution in [1.29, 1.82) is 0 Å². The molecule has 2 N–H and O–H groups in total. The summed E-state index contributed by atoms with van der Waals surface area (Å²) in [6.45, 7) is 1.47. The fourth-order valence-electron chi connectivity index (χ4n) is 1.61. The van der Waals surface area contributed by atoms with Gasteiger partial charge in [-0.1, -0.05) is 19.1 Å². The highest BCUT2D eigenvalue weighted by molar-refractivity contribution is 7.93. The Balaban J connectivity index is 2.96. The Bertz CT molecular complexity index is 709. The number of carboxylic acids is 1. The van der Waals surface area contributed by atoms with Crippen LogP contribution in [-0.4, -0.2) is 39.4 Å². The maximum absolute atomic E-state index is 11.9. The highest BCUT2D eigenvalue weighted by Crippen LogP contribution is 2.23. The zero-order valence-electron chi connectivity index (χ0n) is 11.4. The maximum Gasteiger partial charge on any atom is 0.303 e. The highest BCUT2D eigenvalue weighted by Gasteiger charge is 2.19. The number of para-hydroxylation sites is 1. The van der Waals surface area contributed by atoms with E-state index in [0.717, 1.165) is 0 Å². The molecule has 0 spiro atoms. The number of sulfone groups is 1. The van der Waals surface area contributed by atoms with Gasteiger partial charge in [-0.2, -0.15) is 0 Å². The minimum Gasteiger partial charge on any atom is -0.481 e. The monoisotopic (exact) mass is 335 g/mol. The SMILES string of the molecule is CCS(=O)(=O)c1ccccc1NS(=O)(=O)CCCC(=O)O. The quantitative estimate of drug-likeness (QED) is 0.734. The summed E-state index contributed by atoms with van der Waals surface area (Å²) in [7, 11) is -7.36. The lowest BCUT2D eigenvalue weighted by atomic mass is 10.3. The number of rotatable bonds is 8. The van der Waals surface area contributed by atoms with Crippen molar-refractivity contribution in [2.45, 2.75) is 24.7 Å². The van der Waals surface area contributed by atoms with Crippen LogP contribution < -0.4 is 4.72 Å². The van der Waals surface area contributed by atoms with E-state index in [1.54, 1.807) is 0 Å². The van der Waals surface area contributed by atoms with Crippen molar-refractivity contribution in [2.24, 2.45) is 0 Å². The normalized spacial score (nSPS) is 12.0. The van der Waals surface area contributed by atoms with Gasteiger partial charge < -0.3 is 5.11 Å². The molecule has 118 valence electrons. The van der Waals surface area contributed by atoms with Crippen molar-refractivity contribution in [2.75, 3.05) is 16.2 Å². The molecule has 1 aromatic rings. The van der Waals surface area contributed by atoms with Crippen LogP contribution in [0.4, 0.5) is 5.69 Å². The molecular weight excluding hydrogens is 318 g/mol. The van der Waals surface area contributed by atoms with Crippen LogP contribution >= 0.6 is 0 Å². The Morgan fingerprint density at radius 2 is 1.81 bits per heavy atom. The second-order valence-corrected chi connectivity index (χ2v) is 8.41. The van der Waals surface area contributed by atoms with Gasteiger partial charge in [0.2, 0.25) is 10.0 Å². The molecule has 0 aliphatic heterocycles. The van der Waals surface area contributed by atoms with Crippen LogP contribution in [0.3, 0.4) is 0 Å². The molecule has 21 heavy (non-hydrogen) atoms. The predicted molar refractivity (Wildman–Crippen MR) is 78.4 cm³/mol. The number of hydrogen-bond acceptors (Lipinski definition) is 5. The number of aliphatic carboxylic acids is 1. The minimum absolute atomic E-state index is 0.0188. The van der Waals surface area contributed by atoms with E-state index in [1.807, 2.05) is 0 Å². The average Bonchev–Trinajstić information content (AvgIpc) is 2.38. The maximum atomic E-state index is 11.9. The summed E-state index contributed by atoms with van der Waals surface area (Å²) >= 11 is 0. The number of carbonyl (C=O) groups is 1. The number of carboxylic acid groups (broad SMARTS) is 1. The van der Waals surface area contributed by atoms with E-state index in [-0.39, 0.29) is 34.9 Å². The van der Waals surface area contributed by atoms with Crippen LogP contribution in [0.2, 0.25) is 0 Å². The van der Waals surface area contributed by atoms with Gasteiger partial charge in [0.1, 0.15) is 0 Å². The first kappa shape index (κ1) is 17.4. The Labute approximate surface area is 124 Å². The summed E-state index contributed by atoms with van der Waals surface area (Å²) in [5.74, 6) is -1.62. The second kappa shape index (κ2) is 6.90. The molecule has 0 fully saturated rings. The van der Waals surface area contributed by atoms with Crippen molar-refractivity contribution in [1.82, 2.24) is 0 Å². The number of anilines is 1. The van der Waals surface area contributed by atoms with E-state index in [2.05, 4.69) is 4.72 Å². The van der Waals surface area contributed by atoms with Crippen LogP contribution in [-0.2, 0) is 24.7 Å². The van der Waals surface area contributed by atoms with E-state index in [0.29, 0.717) is 0 Å². The van der Waals surface area contributed by atoms with Crippen molar-refractivity contribution in [3.63, 3.8) is 0 Å². The van der Waals surface area contributed by atoms with Gasteiger partial charge in [0, 0.05) is 6.42 Å². The largest absolute Gasteiger partial charge is 0.481 e. The van der Waals surface area contributed by atoms with Crippen molar-refractivity contribution in [3.8, 4) is 0 Å². The van der Waals surface area contributed by atoms with Gasteiger partial charge >= 0.3 is 5.97 Å². The first-order valence-electron chi connectivity index (χ1n) is 6.22. The molecule has 0 amide bonds. The molecule has 1 rings (SSSR count). The Morgan fingerprint density at radius 1 is 1.19 bits per heavy atom. The van der Waals surface area contributed by atoms with Gasteiger partial charge in [-0.15, -0.1) is 0 Å². The average molecular weight is 335 g/mol. The molecule has 0 atom stereocenters. The van der Waals surface area contributed by atoms with Crippen LogP contribution in [0.5, 0.6) is 0 Å². The number of hydrogen-bond donors (Lipinski definition) is 2. The Kier molecular flexibility index (Phi) is 5.73. The van der Waals surface area contributed by atoms with Crippen molar-refractivity contribution < 1.29 is 26.7 Å². The molecule has 1 aromatic carbocycles. The lowest BCUT2D eigenvalue weighted by Gasteiger charge is -2.12. The fourth-order valence-corrected chi connectivity index (χ4v) is 3.86. The highest BCUT2D eigenvalue weighted by atomic mass is 32.2. The summed E-state index contributed by atoms with van der Waals surface area (Å²) in [5.41, 5.74) is -0.0188. The molecule has 0 saturated heterocycles. The van der Waals surface area contributed by atoms with Crippen molar-refractivity contribution in [3.05, 3.63) is 24.3 Å². The van der Waals surface area contributed by atoms with E-state index < -0.39 is 25.8 Å². The molecule has 0 aromatic heterocycles. The summed E-state index contributed by atoms with van der Waals surface area (Å²) in [6.07, 6.45) is -0.316. The smallest absolute Gasteiger partial charge is 0.303 e. The fraction of sp³-hybridized carbons (Fsp3) is 0.417. The first-order chi connectivity index (χ1) is 9.68. The third-order valence-corrected chi connectivity index (χ3v) is 5.81. The van der Waals surface area contributed by atoms with Gasteiger partial charge in [0.15, 0.2) is 9.84 Å². The molecule has 7 nitrogen and oxygen atoms in total. The van der Waals surface area contributed by atoms with Crippen LogP contribution in [0.1, 0.15) is 19.8 Å². The summed E-state index contributed by atoms with van der Waals surface area (Å²) < 4.78 is 49.7. The molecule has 0 heterocycles. The topological polar surface area (TPSA) is 118 Å². The van der Waals surface area contributed by atoms with Crippen molar-refractivity contribution >= 4 is 31.5 Å². The number of nitrogens with one attached hydrogen (secondary N) is 1. The first-order valence-corrected chi connectivity index (χ1v) is 9.52. The molecule has 0 aliphatic carbocycles. The third-order valence-electron chi connectivity index (χ3n) is 2.67. The number of benzene rings is 1. The molecule has 0 bridgehead atoms. The molecule has 0 radical (unpaired) electrons. The summed E-state index contributed by atoms with van der Waals surface area (Å²) in [5, 5.41) is 8.49. The third kappa shape index (κ3) is 5.35. The van der Waals surface area contributed by atoms with Crippen LogP contribution in [0.25, 0.3) is 0 Å². The zero-order chi connectivity index (χ0) is 16.1. The Morgan fingerprint density at radius 3 is 2.38 bits per heavy atom. The molecule has 0 unspecified atom stereocenters. The second-order valence-electron chi connectivity index (χ2n) is 4.32. The standard InChI is InChI=1S/C12H17NO6S2/c1-2-20(16,17)11-7-4-3-6-10(11)13-21(18,19)9-5-8-12(14)15/h3-4,6-7,13H,2,5,8-9H2,1H3,(H,14,15). The van der Waals surface area contributed by atoms with Gasteiger partial charge in [-0.25, -0.2) is 16.8 Å². The summed E-state index contributed by atoms with van der Waals surface area (Å²) in [6, 6.07) is 5.71. The van der Waals surface area contributed by atoms with Crippen LogP contribution in [0, 0.1) is 0 Å². The van der Waals surface area contributed by atoms with E-state index in [1.165, 1.54) is 31.2 Å². The van der Waals surface area contributed by atoms with E-state index in [4.69, 9.17) is 5.11 Å². The molecule has 9 heteroatoms. The van der Waals surface area contributed by atoms with E-state index in [9.17, 15) is 21.6 Å². The molecule has 0 aliphatic rings. The molecular formula is C12H17NO6S2. The zero-order valence-corrected chi connectivity index (χ0v) is 13.1. The minimum atomic E-state index is -3.80. The number of sulfonamides is 1.